The number of non-ortho nitro benzene ring substituents is 1. The van der Waals surface area contributed by atoms with Gasteiger partial charge in [-0.1, -0.05) is 12.1 Å². The van der Waals surface area contributed by atoms with Crippen LogP contribution in [0.3, 0.4) is 0 Å². The number of anilines is 3. The minimum absolute atomic E-state index is 0.0106. The number of morpholine rings is 2. The summed E-state index contributed by atoms with van der Waals surface area (Å²) in [6, 6.07) is 6.31. The quantitative estimate of drug-likeness (QED) is 0.408. The van der Waals surface area contributed by atoms with Crippen molar-refractivity contribution in [2.75, 3.05) is 67.8 Å². The molecule has 0 spiro atoms. The molecule has 0 radical (unpaired) electrons. The zero-order valence-corrected chi connectivity index (χ0v) is 17.2. The van der Waals surface area contributed by atoms with Gasteiger partial charge in [-0.3, -0.25) is 10.1 Å². The number of nitro benzene ring substituents is 1. The molecule has 2 fully saturated rings. The molecule has 164 valence electrons. The van der Waals surface area contributed by atoms with Gasteiger partial charge < -0.3 is 19.3 Å². The Bertz CT molecular complexity index is 921. The molecule has 2 aromatic rings. The first-order valence-corrected chi connectivity index (χ1v) is 10.1. The summed E-state index contributed by atoms with van der Waals surface area (Å²) in [6.45, 7) is 7.01. The first-order valence-electron chi connectivity index (χ1n) is 10.1. The summed E-state index contributed by atoms with van der Waals surface area (Å²) in [4.78, 5) is 28.4. The third-order valence-electron chi connectivity index (χ3n) is 5.00. The van der Waals surface area contributed by atoms with Crippen molar-refractivity contribution in [3.63, 3.8) is 0 Å². The SMILES string of the molecule is C/C(=N/Nc1nc(N2CCOCC2)nc(N2CCOCC2)n1)c1cccc([N+](=O)[O-])c1. The third kappa shape index (κ3) is 5.22. The first-order chi connectivity index (χ1) is 15.1. The van der Waals surface area contributed by atoms with Crippen molar-refractivity contribution < 1.29 is 14.4 Å². The van der Waals surface area contributed by atoms with E-state index in [-0.39, 0.29) is 5.69 Å². The van der Waals surface area contributed by atoms with E-state index in [4.69, 9.17) is 9.47 Å². The summed E-state index contributed by atoms with van der Waals surface area (Å²) in [5, 5.41) is 15.4. The molecular formula is C19H24N8O4. The van der Waals surface area contributed by atoms with Crippen LogP contribution in [-0.2, 0) is 9.47 Å². The number of aromatic nitrogens is 3. The molecule has 1 aromatic carbocycles. The van der Waals surface area contributed by atoms with Gasteiger partial charge in [-0.15, -0.1) is 0 Å². The summed E-state index contributed by atoms with van der Waals surface area (Å²) in [6.07, 6.45) is 0. The highest BCUT2D eigenvalue weighted by atomic mass is 16.6. The Balaban J connectivity index is 1.59. The average Bonchev–Trinajstić information content (AvgIpc) is 2.83. The van der Waals surface area contributed by atoms with Crippen LogP contribution in [0.1, 0.15) is 12.5 Å². The number of nitrogens with zero attached hydrogens (tertiary/aromatic N) is 7. The summed E-state index contributed by atoms with van der Waals surface area (Å²) in [5.41, 5.74) is 4.11. The largest absolute Gasteiger partial charge is 0.378 e. The molecule has 2 aliphatic rings. The van der Waals surface area contributed by atoms with E-state index in [1.54, 1.807) is 19.1 Å². The van der Waals surface area contributed by atoms with Crippen molar-refractivity contribution in [3.05, 3.63) is 39.9 Å². The fourth-order valence-corrected chi connectivity index (χ4v) is 3.26. The molecule has 1 N–H and O–H groups in total. The Hall–Kier alpha value is -3.38. The van der Waals surface area contributed by atoms with Crippen LogP contribution in [0.5, 0.6) is 0 Å². The fourth-order valence-electron chi connectivity index (χ4n) is 3.26. The van der Waals surface area contributed by atoms with Crippen molar-refractivity contribution in [2.45, 2.75) is 6.92 Å². The van der Waals surface area contributed by atoms with Gasteiger partial charge in [-0.25, -0.2) is 5.43 Å². The van der Waals surface area contributed by atoms with Gasteiger partial charge in [0.25, 0.3) is 5.69 Å². The Morgan fingerprint density at radius 3 is 2.16 bits per heavy atom. The van der Waals surface area contributed by atoms with Crippen molar-refractivity contribution >= 4 is 29.2 Å². The monoisotopic (exact) mass is 428 g/mol. The Morgan fingerprint density at radius 2 is 1.61 bits per heavy atom. The zero-order valence-electron chi connectivity index (χ0n) is 17.2. The van der Waals surface area contributed by atoms with E-state index in [0.717, 1.165) is 0 Å². The van der Waals surface area contributed by atoms with Gasteiger partial charge in [0.05, 0.1) is 37.1 Å². The predicted molar refractivity (Wildman–Crippen MR) is 115 cm³/mol. The molecule has 12 heteroatoms. The molecule has 31 heavy (non-hydrogen) atoms. The minimum atomic E-state index is -0.431. The average molecular weight is 428 g/mol. The molecule has 1 aromatic heterocycles. The molecule has 0 atom stereocenters. The molecule has 2 aliphatic heterocycles. The van der Waals surface area contributed by atoms with Crippen LogP contribution < -0.4 is 15.2 Å². The van der Waals surface area contributed by atoms with Gasteiger partial charge in [-0.2, -0.15) is 20.1 Å². The number of hydrogen-bond acceptors (Lipinski definition) is 11. The van der Waals surface area contributed by atoms with Gasteiger partial charge in [0.1, 0.15) is 0 Å². The summed E-state index contributed by atoms with van der Waals surface area (Å²) in [5.74, 6) is 1.43. The van der Waals surface area contributed by atoms with Crippen molar-refractivity contribution in [2.24, 2.45) is 5.10 Å². The number of nitrogens with one attached hydrogen (secondary N) is 1. The second-order valence-electron chi connectivity index (χ2n) is 7.07. The van der Waals surface area contributed by atoms with Crippen molar-refractivity contribution in [1.29, 1.82) is 0 Å². The lowest BCUT2D eigenvalue weighted by Gasteiger charge is -2.30. The molecule has 3 heterocycles. The number of benzene rings is 1. The van der Waals surface area contributed by atoms with E-state index in [2.05, 4.69) is 35.3 Å². The molecule has 2 saturated heterocycles. The van der Waals surface area contributed by atoms with Gasteiger partial charge in [0.2, 0.25) is 17.8 Å². The summed E-state index contributed by atoms with van der Waals surface area (Å²) < 4.78 is 10.9. The maximum atomic E-state index is 11.0. The van der Waals surface area contributed by atoms with Crippen molar-refractivity contribution in [3.8, 4) is 0 Å². The highest BCUT2D eigenvalue weighted by Crippen LogP contribution is 2.19. The van der Waals surface area contributed by atoms with Crippen LogP contribution in [0.15, 0.2) is 29.4 Å². The van der Waals surface area contributed by atoms with Crippen LogP contribution in [0, 0.1) is 10.1 Å². The molecule has 0 aliphatic carbocycles. The summed E-state index contributed by atoms with van der Waals surface area (Å²) in [7, 11) is 0. The van der Waals surface area contributed by atoms with Crippen LogP contribution in [0.2, 0.25) is 0 Å². The van der Waals surface area contributed by atoms with E-state index in [1.807, 2.05) is 0 Å². The normalized spacial score (nSPS) is 17.5. The van der Waals surface area contributed by atoms with Crippen LogP contribution in [-0.4, -0.2) is 78.2 Å². The number of hydrazone groups is 1. The van der Waals surface area contributed by atoms with E-state index >= 15 is 0 Å². The Morgan fingerprint density at radius 1 is 1.03 bits per heavy atom. The highest BCUT2D eigenvalue weighted by Gasteiger charge is 2.20. The Labute approximate surface area is 179 Å². The van der Waals surface area contributed by atoms with Gasteiger partial charge >= 0.3 is 0 Å². The molecule has 12 nitrogen and oxygen atoms in total. The van der Waals surface area contributed by atoms with Gasteiger partial charge in [-0.05, 0) is 6.92 Å². The Kier molecular flexibility index (Phi) is 6.48. The maximum Gasteiger partial charge on any atom is 0.270 e. The number of hydrogen-bond donors (Lipinski definition) is 1. The molecule has 0 bridgehead atoms. The lowest BCUT2D eigenvalue weighted by Crippen LogP contribution is -2.40. The lowest BCUT2D eigenvalue weighted by atomic mass is 10.1. The lowest BCUT2D eigenvalue weighted by molar-refractivity contribution is -0.384. The first kappa shape index (κ1) is 20.9. The number of ether oxygens (including phenoxy) is 2. The maximum absolute atomic E-state index is 11.0. The standard InChI is InChI=1S/C19H24N8O4/c1-14(15-3-2-4-16(13-15)27(28)29)23-24-17-20-18(25-5-9-30-10-6-25)22-19(21-17)26-7-11-31-12-8-26/h2-4,13H,5-12H2,1H3,(H,20,21,22,24)/b23-14-. The number of rotatable bonds is 6. The van der Waals surface area contributed by atoms with Crippen LogP contribution in [0.25, 0.3) is 0 Å². The van der Waals surface area contributed by atoms with E-state index in [9.17, 15) is 10.1 Å². The second-order valence-corrected chi connectivity index (χ2v) is 7.07. The third-order valence-corrected chi connectivity index (χ3v) is 5.00. The van der Waals surface area contributed by atoms with Crippen molar-refractivity contribution in [1.82, 2.24) is 15.0 Å². The smallest absolute Gasteiger partial charge is 0.270 e. The number of nitro groups is 1. The van der Waals surface area contributed by atoms with Gasteiger partial charge in [0.15, 0.2) is 0 Å². The molecule has 0 amide bonds. The van der Waals surface area contributed by atoms with E-state index in [1.165, 1.54) is 12.1 Å². The van der Waals surface area contributed by atoms with E-state index in [0.29, 0.717) is 81.7 Å². The fraction of sp³-hybridized carbons (Fsp3) is 0.474. The second kappa shape index (κ2) is 9.62. The molecule has 4 rings (SSSR count). The van der Waals surface area contributed by atoms with Crippen LogP contribution >= 0.6 is 0 Å². The minimum Gasteiger partial charge on any atom is -0.378 e. The zero-order chi connectivity index (χ0) is 21.6. The highest BCUT2D eigenvalue weighted by molar-refractivity contribution is 5.99. The summed E-state index contributed by atoms with van der Waals surface area (Å²) >= 11 is 0. The molecule has 0 unspecified atom stereocenters. The van der Waals surface area contributed by atoms with E-state index < -0.39 is 4.92 Å². The van der Waals surface area contributed by atoms with Crippen LogP contribution in [0.4, 0.5) is 23.5 Å². The predicted octanol–water partition coefficient (Wildman–Crippen LogP) is 1.29. The van der Waals surface area contributed by atoms with Gasteiger partial charge in [0, 0.05) is 43.9 Å². The topological polar surface area (TPSA) is 131 Å². The molecular weight excluding hydrogens is 404 g/mol. The molecule has 0 saturated carbocycles.